The third-order valence-electron chi connectivity index (χ3n) is 6.28. The summed E-state index contributed by atoms with van der Waals surface area (Å²) in [5.74, 6) is 0.845. The Labute approximate surface area is 189 Å². The number of amides is 1. The number of aryl methyl sites for hydroxylation is 1. The van der Waals surface area contributed by atoms with E-state index in [4.69, 9.17) is 5.73 Å². The Bertz CT molecular complexity index is 1280. The highest BCUT2D eigenvalue weighted by Crippen LogP contribution is 2.34. The smallest absolute Gasteiger partial charge is 0.223 e. The van der Waals surface area contributed by atoms with Gasteiger partial charge >= 0.3 is 0 Å². The van der Waals surface area contributed by atoms with E-state index in [0.29, 0.717) is 17.6 Å². The molecule has 11 nitrogen and oxygen atoms in total. The number of anilines is 1. The largest absolute Gasteiger partial charge is 0.391 e. The lowest BCUT2D eigenvalue weighted by Gasteiger charge is -2.34. The van der Waals surface area contributed by atoms with Crippen LogP contribution in [-0.4, -0.2) is 75.3 Å². The molecule has 0 radical (unpaired) electrons. The number of benzene rings is 1. The number of nitrogen functional groups attached to an aromatic ring is 1. The van der Waals surface area contributed by atoms with E-state index < -0.39 is 17.7 Å². The van der Waals surface area contributed by atoms with Gasteiger partial charge in [-0.1, -0.05) is 12.1 Å². The number of para-hydroxylation sites is 2. The summed E-state index contributed by atoms with van der Waals surface area (Å²) in [7, 11) is 0. The van der Waals surface area contributed by atoms with E-state index in [1.54, 1.807) is 22.7 Å². The van der Waals surface area contributed by atoms with Gasteiger partial charge in [0.05, 0.1) is 35.1 Å². The highest BCUT2D eigenvalue weighted by Gasteiger charge is 2.42. The minimum Gasteiger partial charge on any atom is -0.391 e. The van der Waals surface area contributed by atoms with Crippen LogP contribution < -0.4 is 5.73 Å². The minimum absolute atomic E-state index is 0.102. The molecule has 5 N–H and O–H groups in total. The van der Waals surface area contributed by atoms with Gasteiger partial charge in [0.2, 0.25) is 5.91 Å². The molecule has 0 aliphatic carbocycles. The molecule has 3 atom stereocenters. The Kier molecular flexibility index (Phi) is 5.22. The Balaban J connectivity index is 1.39. The maximum Gasteiger partial charge on any atom is 0.223 e. The number of carbonyl (C=O) groups excluding carboxylic acids is 1. The molecule has 0 bridgehead atoms. The number of aromatic amines is 1. The van der Waals surface area contributed by atoms with Gasteiger partial charge in [-0.05, 0) is 19.1 Å². The summed E-state index contributed by atoms with van der Waals surface area (Å²) in [6.45, 7) is 1.98. The van der Waals surface area contributed by atoms with Gasteiger partial charge in [0.25, 0.3) is 0 Å². The van der Waals surface area contributed by atoms with Gasteiger partial charge in [0.1, 0.15) is 17.7 Å². The molecular formula is C22H26N8O3. The maximum absolute atomic E-state index is 13.1. The van der Waals surface area contributed by atoms with E-state index in [1.807, 2.05) is 24.3 Å². The van der Waals surface area contributed by atoms with Crippen molar-refractivity contribution in [1.82, 2.24) is 34.4 Å². The van der Waals surface area contributed by atoms with Crippen LogP contribution in [0.15, 0.2) is 36.9 Å². The van der Waals surface area contributed by atoms with E-state index in [2.05, 4.69) is 24.9 Å². The number of fused-ring (bicyclic) bond motifs is 2. The van der Waals surface area contributed by atoms with Crippen LogP contribution in [0.3, 0.4) is 0 Å². The summed E-state index contributed by atoms with van der Waals surface area (Å²) in [5, 5.41) is 21.8. The molecule has 172 valence electrons. The number of nitrogens with two attached hydrogens (primary N) is 1. The van der Waals surface area contributed by atoms with E-state index >= 15 is 0 Å². The van der Waals surface area contributed by atoms with Gasteiger partial charge in [0.15, 0.2) is 11.5 Å². The molecule has 1 aromatic carbocycles. The first-order chi connectivity index (χ1) is 15.8. The number of likely N-dealkylation sites (tertiary alicyclic amines) is 1. The average Bonchev–Trinajstić information content (AvgIpc) is 3.36. The number of β-amino-alcohol motifs (C(OH)–C–C–N with tert-alkyl or cyclic N) is 1. The number of aliphatic hydroxyl groups is 2. The molecule has 1 aliphatic heterocycles. The van der Waals surface area contributed by atoms with Crippen LogP contribution in [0.25, 0.3) is 22.2 Å². The quantitative estimate of drug-likeness (QED) is 0.355. The molecule has 4 aromatic rings. The summed E-state index contributed by atoms with van der Waals surface area (Å²) in [6.07, 6.45) is 2.79. The van der Waals surface area contributed by atoms with Crippen molar-refractivity contribution in [3.8, 4) is 0 Å². The first-order valence-corrected chi connectivity index (χ1v) is 10.9. The van der Waals surface area contributed by atoms with Gasteiger partial charge in [-0.2, -0.15) is 0 Å². The van der Waals surface area contributed by atoms with E-state index in [1.165, 1.54) is 6.33 Å². The molecule has 0 saturated carbocycles. The van der Waals surface area contributed by atoms with Crippen LogP contribution in [0.1, 0.15) is 31.6 Å². The van der Waals surface area contributed by atoms with Crippen LogP contribution in [0, 0.1) is 0 Å². The number of nitrogens with zero attached hydrogens (tertiary/aromatic N) is 6. The van der Waals surface area contributed by atoms with Crippen molar-refractivity contribution in [3.63, 3.8) is 0 Å². The zero-order valence-electron chi connectivity index (χ0n) is 18.2. The van der Waals surface area contributed by atoms with Crippen molar-refractivity contribution in [1.29, 1.82) is 0 Å². The molecule has 1 aliphatic rings. The molecule has 0 unspecified atom stereocenters. The summed E-state index contributed by atoms with van der Waals surface area (Å²) >= 11 is 0. The zero-order valence-corrected chi connectivity index (χ0v) is 18.2. The van der Waals surface area contributed by atoms with Crippen LogP contribution in [0.4, 0.5) is 5.82 Å². The zero-order chi connectivity index (χ0) is 23.2. The lowest BCUT2D eigenvalue weighted by Crippen LogP contribution is -2.42. The molecule has 1 amide bonds. The predicted molar refractivity (Wildman–Crippen MR) is 121 cm³/mol. The van der Waals surface area contributed by atoms with Crippen molar-refractivity contribution in [3.05, 3.63) is 42.7 Å². The fourth-order valence-electron chi connectivity index (χ4n) is 4.61. The first kappa shape index (κ1) is 21.3. The monoisotopic (exact) mass is 450 g/mol. The fraction of sp³-hybridized carbons (Fsp3) is 0.409. The number of rotatable bonds is 4. The van der Waals surface area contributed by atoms with Crippen molar-refractivity contribution in [2.45, 2.75) is 43.9 Å². The Morgan fingerprint density at radius 3 is 2.91 bits per heavy atom. The molecule has 11 heteroatoms. The van der Waals surface area contributed by atoms with Crippen molar-refractivity contribution >= 4 is 33.9 Å². The highest BCUT2D eigenvalue weighted by atomic mass is 16.3. The molecule has 1 saturated heterocycles. The van der Waals surface area contributed by atoms with Gasteiger partial charge in [-0.25, -0.2) is 19.9 Å². The Hall–Kier alpha value is -3.57. The van der Waals surface area contributed by atoms with Crippen molar-refractivity contribution < 1.29 is 15.0 Å². The Morgan fingerprint density at radius 2 is 2.09 bits per heavy atom. The normalized spacial score (nSPS) is 23.8. The van der Waals surface area contributed by atoms with E-state index in [0.717, 1.165) is 16.9 Å². The second-order valence-electron chi connectivity index (χ2n) is 8.81. The second-order valence-corrected chi connectivity index (χ2v) is 8.81. The third kappa shape index (κ3) is 4.00. The first-order valence-electron chi connectivity index (χ1n) is 10.9. The van der Waals surface area contributed by atoms with E-state index in [-0.39, 0.29) is 37.7 Å². The van der Waals surface area contributed by atoms with Crippen LogP contribution in [0.5, 0.6) is 0 Å². The summed E-state index contributed by atoms with van der Waals surface area (Å²) < 4.78 is 1.71. The summed E-state index contributed by atoms with van der Waals surface area (Å²) in [5.41, 5.74) is 7.29. The number of carbonyl (C=O) groups is 1. The molecule has 4 heterocycles. The van der Waals surface area contributed by atoms with Crippen LogP contribution in [-0.2, 0) is 11.2 Å². The molecule has 3 aromatic heterocycles. The molecule has 1 fully saturated rings. The molecule has 5 rings (SSSR count). The number of hydrogen-bond acceptors (Lipinski definition) is 8. The average molecular weight is 451 g/mol. The minimum atomic E-state index is -1.31. The number of imidazole rings is 2. The maximum atomic E-state index is 13.1. The fourth-order valence-corrected chi connectivity index (χ4v) is 4.61. The molecule has 0 spiro atoms. The van der Waals surface area contributed by atoms with Crippen LogP contribution >= 0.6 is 0 Å². The van der Waals surface area contributed by atoms with Gasteiger partial charge < -0.3 is 30.4 Å². The number of aromatic nitrogens is 6. The topological polar surface area (TPSA) is 159 Å². The van der Waals surface area contributed by atoms with Crippen molar-refractivity contribution in [2.24, 2.45) is 0 Å². The number of nitrogens with one attached hydrogen (secondary N) is 1. The third-order valence-corrected chi connectivity index (χ3v) is 6.28. The molecule has 33 heavy (non-hydrogen) atoms. The predicted octanol–water partition coefficient (Wildman–Crippen LogP) is 0.803. The van der Waals surface area contributed by atoms with Crippen molar-refractivity contribution in [2.75, 3.05) is 18.8 Å². The van der Waals surface area contributed by atoms with Crippen LogP contribution in [0.2, 0.25) is 0 Å². The summed E-state index contributed by atoms with van der Waals surface area (Å²) in [4.78, 5) is 35.0. The second kappa shape index (κ2) is 8.09. The lowest BCUT2D eigenvalue weighted by atomic mass is 9.91. The van der Waals surface area contributed by atoms with E-state index in [9.17, 15) is 15.0 Å². The number of aliphatic hydroxyl groups excluding tert-OH is 1. The Morgan fingerprint density at radius 1 is 1.27 bits per heavy atom. The summed E-state index contributed by atoms with van der Waals surface area (Å²) in [6, 6.07) is 7.13. The standard InChI is InChI=1S/C22H26N8O3/c1-22(33)8-13(31)9-29(10-16(22)30-12-26-19-20(23)24-11-25-21(19)30)18(32)7-6-17-27-14-4-2-3-5-15(14)28-17/h2-5,11-13,16,31,33H,6-10H2,1H3,(H,27,28)(H2,23,24,25)/t13-,16+,22+/m1/s1. The SMILES string of the molecule is C[C@]1(O)C[C@@H](O)CN(C(=O)CCc2nc3ccccc3[nH]2)C[C@@H]1n1cnc2c(N)ncnc21. The number of hydrogen-bond donors (Lipinski definition) is 4. The lowest BCUT2D eigenvalue weighted by molar-refractivity contribution is -0.132. The number of H-pyrrole nitrogens is 1. The van der Waals surface area contributed by atoms with Gasteiger partial charge in [-0.3, -0.25) is 4.79 Å². The highest BCUT2D eigenvalue weighted by molar-refractivity contribution is 5.81. The van der Waals surface area contributed by atoms with Gasteiger partial charge in [0, 0.05) is 32.4 Å². The van der Waals surface area contributed by atoms with Gasteiger partial charge in [-0.15, -0.1) is 0 Å². The molecular weight excluding hydrogens is 424 g/mol.